The lowest BCUT2D eigenvalue weighted by Crippen LogP contribution is -2.45. The van der Waals surface area contributed by atoms with E-state index in [0.29, 0.717) is 12.2 Å². The fraction of sp³-hybridized carbons (Fsp3) is 0.500. The van der Waals surface area contributed by atoms with E-state index in [0.717, 1.165) is 12.8 Å². The average Bonchev–Trinajstić information content (AvgIpc) is 3.23. The van der Waals surface area contributed by atoms with Gasteiger partial charge in [-0.05, 0) is 38.8 Å². The van der Waals surface area contributed by atoms with Crippen LogP contribution in [0.15, 0.2) is 29.2 Å². The minimum Gasteiger partial charge on any atom is -0.384 e. The monoisotopic (exact) mass is 311 g/mol. The Morgan fingerprint density at radius 1 is 1.33 bits per heavy atom. The van der Waals surface area contributed by atoms with E-state index >= 15 is 0 Å². The molecule has 7 heteroatoms. The second-order valence-corrected chi connectivity index (χ2v) is 6.83. The van der Waals surface area contributed by atoms with E-state index in [1.807, 2.05) is 6.92 Å². The van der Waals surface area contributed by atoms with Gasteiger partial charge in [0.1, 0.15) is 4.90 Å². The molecule has 21 heavy (non-hydrogen) atoms. The minimum atomic E-state index is -3.75. The Kier molecular flexibility index (Phi) is 4.84. The van der Waals surface area contributed by atoms with Crippen molar-refractivity contribution >= 4 is 21.6 Å². The van der Waals surface area contributed by atoms with Crippen LogP contribution in [-0.4, -0.2) is 33.0 Å². The van der Waals surface area contributed by atoms with Crippen molar-refractivity contribution in [1.29, 1.82) is 0 Å². The van der Waals surface area contributed by atoms with Gasteiger partial charge in [0.2, 0.25) is 15.9 Å². The van der Waals surface area contributed by atoms with Crippen molar-refractivity contribution in [2.45, 2.75) is 43.7 Å². The molecule has 1 aliphatic rings. The first-order valence-corrected chi connectivity index (χ1v) is 8.58. The summed E-state index contributed by atoms with van der Waals surface area (Å²) >= 11 is 0. The zero-order valence-electron chi connectivity index (χ0n) is 12.2. The van der Waals surface area contributed by atoms with Crippen molar-refractivity contribution in [1.82, 2.24) is 10.0 Å². The van der Waals surface area contributed by atoms with Gasteiger partial charge in [-0.3, -0.25) is 4.79 Å². The van der Waals surface area contributed by atoms with Crippen LogP contribution < -0.4 is 15.4 Å². The van der Waals surface area contributed by atoms with Crippen LogP contribution in [-0.2, 0) is 14.8 Å². The Morgan fingerprint density at radius 2 is 2.00 bits per heavy atom. The number of anilines is 1. The minimum absolute atomic E-state index is 0.151. The number of carbonyl (C=O) groups excluding carboxylic acids is 1. The normalized spacial score (nSPS) is 16.3. The Morgan fingerprint density at radius 3 is 2.62 bits per heavy atom. The third-order valence-electron chi connectivity index (χ3n) is 3.19. The summed E-state index contributed by atoms with van der Waals surface area (Å²) < 4.78 is 27.3. The van der Waals surface area contributed by atoms with E-state index in [1.54, 1.807) is 25.1 Å². The highest BCUT2D eigenvalue weighted by atomic mass is 32.2. The summed E-state index contributed by atoms with van der Waals surface area (Å²) in [5, 5.41) is 5.79. The van der Waals surface area contributed by atoms with Gasteiger partial charge < -0.3 is 10.6 Å². The van der Waals surface area contributed by atoms with Crippen LogP contribution in [0.4, 0.5) is 5.69 Å². The number of rotatable bonds is 7. The first kappa shape index (κ1) is 15.8. The molecule has 0 aliphatic heterocycles. The van der Waals surface area contributed by atoms with Crippen molar-refractivity contribution in [3.63, 3.8) is 0 Å². The molecule has 1 amide bonds. The molecule has 0 bridgehead atoms. The highest BCUT2D eigenvalue weighted by Crippen LogP contribution is 2.21. The molecule has 1 unspecified atom stereocenters. The van der Waals surface area contributed by atoms with E-state index in [4.69, 9.17) is 0 Å². The fourth-order valence-electron chi connectivity index (χ4n) is 1.94. The maximum atomic E-state index is 12.4. The van der Waals surface area contributed by atoms with Gasteiger partial charge in [-0.15, -0.1) is 0 Å². The van der Waals surface area contributed by atoms with E-state index in [1.165, 1.54) is 6.07 Å². The second kappa shape index (κ2) is 6.44. The van der Waals surface area contributed by atoms with Gasteiger partial charge in [0.15, 0.2) is 0 Å². The molecule has 1 fully saturated rings. The lowest BCUT2D eigenvalue weighted by atomic mass is 10.3. The van der Waals surface area contributed by atoms with Crippen LogP contribution in [0.2, 0.25) is 0 Å². The number of sulfonamides is 1. The number of carbonyl (C=O) groups is 1. The van der Waals surface area contributed by atoms with Gasteiger partial charge in [0.05, 0.1) is 11.7 Å². The third kappa shape index (κ3) is 4.18. The average molecular weight is 311 g/mol. The molecule has 0 spiro atoms. The summed E-state index contributed by atoms with van der Waals surface area (Å²) in [7, 11) is -3.75. The largest absolute Gasteiger partial charge is 0.384 e. The number of amides is 1. The third-order valence-corrected chi connectivity index (χ3v) is 4.79. The zero-order chi connectivity index (χ0) is 15.5. The summed E-state index contributed by atoms with van der Waals surface area (Å²) in [4.78, 5) is 12.0. The van der Waals surface area contributed by atoms with Crippen molar-refractivity contribution in [2.24, 2.45) is 0 Å². The molecular formula is C14H21N3O3S. The van der Waals surface area contributed by atoms with Crippen LogP contribution in [0, 0.1) is 0 Å². The van der Waals surface area contributed by atoms with E-state index in [9.17, 15) is 13.2 Å². The van der Waals surface area contributed by atoms with Gasteiger partial charge >= 0.3 is 0 Å². The van der Waals surface area contributed by atoms with Crippen molar-refractivity contribution in [2.75, 3.05) is 11.9 Å². The van der Waals surface area contributed by atoms with Crippen LogP contribution in [0.3, 0.4) is 0 Å². The predicted molar refractivity (Wildman–Crippen MR) is 81.6 cm³/mol. The number of benzene rings is 1. The Bertz CT molecular complexity index is 612. The van der Waals surface area contributed by atoms with Gasteiger partial charge in [-0.2, -0.15) is 4.72 Å². The summed E-state index contributed by atoms with van der Waals surface area (Å²) in [6.07, 6.45) is 1.93. The van der Waals surface area contributed by atoms with Gasteiger partial charge in [0.25, 0.3) is 0 Å². The molecule has 1 aromatic rings. The van der Waals surface area contributed by atoms with Crippen LogP contribution >= 0.6 is 0 Å². The maximum absolute atomic E-state index is 12.4. The van der Waals surface area contributed by atoms with E-state index in [2.05, 4.69) is 15.4 Å². The molecule has 1 atom stereocenters. The van der Waals surface area contributed by atoms with Crippen molar-refractivity contribution < 1.29 is 13.2 Å². The summed E-state index contributed by atoms with van der Waals surface area (Å²) in [6, 6.07) is 6.05. The highest BCUT2D eigenvalue weighted by molar-refractivity contribution is 7.89. The summed E-state index contributed by atoms with van der Waals surface area (Å²) in [5.74, 6) is -0.290. The molecule has 6 nitrogen and oxygen atoms in total. The van der Waals surface area contributed by atoms with Crippen molar-refractivity contribution in [3.8, 4) is 0 Å². The van der Waals surface area contributed by atoms with Crippen LogP contribution in [0.5, 0.6) is 0 Å². The first-order chi connectivity index (χ1) is 9.94. The molecule has 2 rings (SSSR count). The molecule has 116 valence electrons. The molecular weight excluding hydrogens is 290 g/mol. The number of nitrogens with one attached hydrogen (secondary N) is 3. The smallest absolute Gasteiger partial charge is 0.243 e. The first-order valence-electron chi connectivity index (χ1n) is 7.09. The quantitative estimate of drug-likeness (QED) is 0.703. The fourth-order valence-corrected chi connectivity index (χ4v) is 3.33. The van der Waals surface area contributed by atoms with Gasteiger partial charge in [-0.1, -0.05) is 12.1 Å². The molecule has 0 saturated heterocycles. The molecule has 0 radical (unpaired) electrons. The second-order valence-electron chi connectivity index (χ2n) is 5.15. The molecule has 1 aliphatic carbocycles. The zero-order valence-corrected chi connectivity index (χ0v) is 13.0. The molecule has 3 N–H and O–H groups in total. The lowest BCUT2D eigenvalue weighted by molar-refractivity contribution is -0.122. The van der Waals surface area contributed by atoms with E-state index < -0.39 is 16.1 Å². The van der Waals surface area contributed by atoms with Crippen LogP contribution in [0.25, 0.3) is 0 Å². The standard InChI is InChI=1S/C14H21N3O3S/c1-3-15-12-6-4-5-7-13(12)21(19,20)17-10(2)14(18)16-11-8-9-11/h4-7,10-11,15,17H,3,8-9H2,1-2H3,(H,16,18). The Balaban J connectivity index is 2.11. The molecule has 0 aromatic heterocycles. The molecule has 1 aromatic carbocycles. The number of hydrogen-bond acceptors (Lipinski definition) is 4. The Labute approximate surface area is 125 Å². The number of para-hydroxylation sites is 1. The summed E-state index contributed by atoms with van der Waals surface area (Å²) in [5.41, 5.74) is 0.530. The van der Waals surface area contributed by atoms with Crippen LogP contribution in [0.1, 0.15) is 26.7 Å². The molecule has 1 saturated carbocycles. The van der Waals surface area contributed by atoms with Gasteiger partial charge in [0, 0.05) is 12.6 Å². The highest BCUT2D eigenvalue weighted by Gasteiger charge is 2.28. The van der Waals surface area contributed by atoms with Crippen molar-refractivity contribution in [3.05, 3.63) is 24.3 Å². The van der Waals surface area contributed by atoms with Gasteiger partial charge in [-0.25, -0.2) is 8.42 Å². The topological polar surface area (TPSA) is 87.3 Å². The SMILES string of the molecule is CCNc1ccccc1S(=O)(=O)NC(C)C(=O)NC1CC1. The lowest BCUT2D eigenvalue weighted by Gasteiger charge is -2.16. The molecule has 0 heterocycles. The predicted octanol–water partition coefficient (Wildman–Crippen LogP) is 1.06. The number of hydrogen-bond donors (Lipinski definition) is 3. The maximum Gasteiger partial charge on any atom is 0.243 e. The summed E-state index contributed by atoms with van der Waals surface area (Å²) in [6.45, 7) is 4.05. The Hall–Kier alpha value is -1.60. The van der Waals surface area contributed by atoms with E-state index in [-0.39, 0.29) is 16.8 Å².